The van der Waals surface area contributed by atoms with Gasteiger partial charge in [-0.25, -0.2) is 8.60 Å². The van der Waals surface area contributed by atoms with E-state index >= 15 is 0 Å². The largest absolute Gasteiger partial charge is 0.335 e. The molecule has 0 aromatic heterocycles. The van der Waals surface area contributed by atoms with Gasteiger partial charge >= 0.3 is 10.2 Å². The predicted octanol–water partition coefficient (Wildman–Crippen LogP) is 1.84. The Kier molecular flexibility index (Phi) is 3.34. The molecule has 0 N–H and O–H groups in total. The molecule has 0 bridgehead atoms. The monoisotopic (exact) mass is 269 g/mol. The second-order valence-electron chi connectivity index (χ2n) is 3.33. The van der Waals surface area contributed by atoms with Gasteiger partial charge in [0.1, 0.15) is 10.7 Å². The number of nitrogens with zero attached hydrogens (tertiary/aromatic N) is 1. The smallest absolute Gasteiger partial charge is 0.250 e. The van der Waals surface area contributed by atoms with Crippen LogP contribution in [0, 0.1) is 5.82 Å². The second kappa shape index (κ2) is 4.10. The maximum Gasteiger partial charge on any atom is 0.335 e. The van der Waals surface area contributed by atoms with Crippen LogP contribution < -0.4 is 0 Å². The van der Waals surface area contributed by atoms with Gasteiger partial charge in [0, 0.05) is 28.3 Å². The van der Waals surface area contributed by atoms with Crippen molar-refractivity contribution >= 4 is 25.6 Å². The SMILES string of the molecule is CS(C)(=O)=Nc1ccc(S(=O)(=O)F)c(F)c1. The maximum absolute atomic E-state index is 13.1. The molecule has 1 rings (SSSR count). The molecule has 0 saturated heterocycles. The third-order valence-corrected chi connectivity index (χ3v) is 3.01. The Morgan fingerprint density at radius 2 is 1.75 bits per heavy atom. The highest BCUT2D eigenvalue weighted by molar-refractivity contribution is 7.92. The molecule has 8 heteroatoms. The molecule has 4 nitrogen and oxygen atoms in total. The average Bonchev–Trinajstić information content (AvgIpc) is 1.97. The topological polar surface area (TPSA) is 63.6 Å². The molecule has 16 heavy (non-hydrogen) atoms. The molecule has 0 aliphatic carbocycles. The van der Waals surface area contributed by atoms with E-state index in [-0.39, 0.29) is 5.69 Å². The maximum atomic E-state index is 13.1. The summed E-state index contributed by atoms with van der Waals surface area (Å²) in [6.07, 6.45) is 2.68. The van der Waals surface area contributed by atoms with E-state index in [1.54, 1.807) is 0 Å². The third-order valence-electron chi connectivity index (χ3n) is 1.50. The molecule has 0 spiro atoms. The van der Waals surface area contributed by atoms with Gasteiger partial charge in [-0.05, 0) is 12.1 Å². The Hall–Kier alpha value is -1.02. The molecule has 90 valence electrons. The minimum absolute atomic E-state index is 0.0000926. The predicted molar refractivity (Wildman–Crippen MR) is 56.8 cm³/mol. The molecule has 0 radical (unpaired) electrons. The van der Waals surface area contributed by atoms with Gasteiger partial charge in [0.25, 0.3) is 0 Å². The number of hydrogen-bond donors (Lipinski definition) is 0. The normalized spacial score (nSPS) is 12.5. The van der Waals surface area contributed by atoms with Crippen molar-refractivity contribution in [3.63, 3.8) is 0 Å². The highest BCUT2D eigenvalue weighted by atomic mass is 32.3. The minimum Gasteiger partial charge on any atom is -0.250 e. The zero-order chi connectivity index (χ0) is 12.6. The van der Waals surface area contributed by atoms with Crippen LogP contribution in [0.25, 0.3) is 0 Å². The first-order chi connectivity index (χ1) is 7.09. The van der Waals surface area contributed by atoms with Crippen molar-refractivity contribution < 1.29 is 20.9 Å². The summed E-state index contributed by atoms with van der Waals surface area (Å²) in [5.74, 6) is -1.26. The molecular formula is C8H9F2NO3S2. The lowest BCUT2D eigenvalue weighted by molar-refractivity contribution is 0.534. The van der Waals surface area contributed by atoms with Crippen LogP contribution in [0.2, 0.25) is 0 Å². The van der Waals surface area contributed by atoms with Crippen LogP contribution in [0.4, 0.5) is 14.0 Å². The number of hydrogen-bond acceptors (Lipinski definition) is 4. The van der Waals surface area contributed by atoms with Crippen molar-refractivity contribution in [1.29, 1.82) is 0 Å². The lowest BCUT2D eigenvalue weighted by atomic mass is 10.3. The first-order valence-corrected chi connectivity index (χ1v) is 7.72. The third kappa shape index (κ3) is 3.53. The Morgan fingerprint density at radius 1 is 1.19 bits per heavy atom. The van der Waals surface area contributed by atoms with Gasteiger partial charge in [0.05, 0.1) is 5.69 Å². The fraction of sp³-hybridized carbons (Fsp3) is 0.250. The van der Waals surface area contributed by atoms with E-state index in [0.29, 0.717) is 0 Å². The number of halogens is 2. The van der Waals surface area contributed by atoms with Gasteiger partial charge in [-0.1, -0.05) is 0 Å². The summed E-state index contributed by atoms with van der Waals surface area (Å²) in [6.45, 7) is 0. The van der Waals surface area contributed by atoms with Crippen molar-refractivity contribution in [2.24, 2.45) is 4.36 Å². The van der Waals surface area contributed by atoms with Crippen molar-refractivity contribution in [2.45, 2.75) is 4.90 Å². The fourth-order valence-corrected chi connectivity index (χ4v) is 2.14. The van der Waals surface area contributed by atoms with Crippen molar-refractivity contribution in [2.75, 3.05) is 12.5 Å². The van der Waals surface area contributed by atoms with Crippen LogP contribution in [-0.2, 0) is 20.0 Å². The van der Waals surface area contributed by atoms with Crippen molar-refractivity contribution in [1.82, 2.24) is 0 Å². The highest BCUT2D eigenvalue weighted by Crippen LogP contribution is 2.22. The Labute approximate surface area is 92.7 Å². The van der Waals surface area contributed by atoms with E-state index in [2.05, 4.69) is 4.36 Å². The molecular weight excluding hydrogens is 260 g/mol. The quantitative estimate of drug-likeness (QED) is 0.770. The summed E-state index contributed by atoms with van der Waals surface area (Å²) in [7, 11) is -7.56. The van der Waals surface area contributed by atoms with Crippen LogP contribution in [-0.4, -0.2) is 25.1 Å². The van der Waals surface area contributed by atoms with Crippen LogP contribution in [0.15, 0.2) is 27.5 Å². The Morgan fingerprint density at radius 3 is 2.12 bits per heavy atom. The summed E-state index contributed by atoms with van der Waals surface area (Å²) < 4.78 is 61.5. The zero-order valence-electron chi connectivity index (χ0n) is 8.48. The summed E-state index contributed by atoms with van der Waals surface area (Å²) >= 11 is 0. The van der Waals surface area contributed by atoms with Gasteiger partial charge in [-0.15, -0.1) is 3.89 Å². The molecule has 1 aromatic rings. The minimum atomic E-state index is -5.08. The van der Waals surface area contributed by atoms with E-state index < -0.39 is 30.7 Å². The van der Waals surface area contributed by atoms with Crippen LogP contribution in [0.1, 0.15) is 0 Å². The Balaban J connectivity index is 3.37. The summed E-state index contributed by atoms with van der Waals surface area (Å²) in [4.78, 5) is -1.05. The van der Waals surface area contributed by atoms with Crippen molar-refractivity contribution in [3.8, 4) is 0 Å². The number of benzene rings is 1. The molecule has 0 aliphatic heterocycles. The van der Waals surface area contributed by atoms with Crippen LogP contribution in [0.3, 0.4) is 0 Å². The first-order valence-electron chi connectivity index (χ1n) is 4.01. The first kappa shape index (κ1) is 13.0. The lowest BCUT2D eigenvalue weighted by Crippen LogP contribution is -1.96. The molecule has 0 unspecified atom stereocenters. The van der Waals surface area contributed by atoms with Crippen LogP contribution in [0.5, 0.6) is 0 Å². The molecule has 1 aromatic carbocycles. The summed E-state index contributed by atoms with van der Waals surface area (Å²) in [6, 6.07) is 2.55. The molecule has 0 atom stereocenters. The standard InChI is InChI=1S/C8H9F2NO3S2/c1-15(2,12)11-6-3-4-8(7(9)5-6)16(10,13)14/h3-5H,1-2H3. The highest BCUT2D eigenvalue weighted by Gasteiger charge is 2.17. The fourth-order valence-electron chi connectivity index (χ4n) is 0.998. The zero-order valence-corrected chi connectivity index (χ0v) is 10.1. The van der Waals surface area contributed by atoms with Crippen LogP contribution >= 0.6 is 0 Å². The second-order valence-corrected chi connectivity index (χ2v) is 7.19. The van der Waals surface area contributed by atoms with Crippen molar-refractivity contribution in [3.05, 3.63) is 24.0 Å². The van der Waals surface area contributed by atoms with E-state index in [9.17, 15) is 20.9 Å². The summed E-state index contributed by atoms with van der Waals surface area (Å²) in [5.41, 5.74) is -0.0000926. The molecule has 0 saturated carbocycles. The van der Waals surface area contributed by atoms with E-state index in [1.807, 2.05) is 0 Å². The van der Waals surface area contributed by atoms with Gasteiger partial charge < -0.3 is 0 Å². The molecule has 0 aliphatic rings. The van der Waals surface area contributed by atoms with E-state index in [1.165, 1.54) is 12.5 Å². The average molecular weight is 269 g/mol. The van der Waals surface area contributed by atoms with E-state index in [0.717, 1.165) is 18.2 Å². The molecule has 0 heterocycles. The lowest BCUT2D eigenvalue weighted by Gasteiger charge is -2.00. The molecule has 0 amide bonds. The van der Waals surface area contributed by atoms with Gasteiger partial charge in [-0.3, -0.25) is 0 Å². The van der Waals surface area contributed by atoms with Gasteiger partial charge in [0.15, 0.2) is 0 Å². The Bertz CT molecular complexity index is 623. The van der Waals surface area contributed by atoms with E-state index in [4.69, 9.17) is 0 Å². The molecule has 0 fully saturated rings. The van der Waals surface area contributed by atoms with Gasteiger partial charge in [-0.2, -0.15) is 12.8 Å². The number of rotatable bonds is 2. The van der Waals surface area contributed by atoms with Gasteiger partial charge in [0.2, 0.25) is 0 Å². The summed E-state index contributed by atoms with van der Waals surface area (Å²) in [5, 5.41) is 0.